The van der Waals surface area contributed by atoms with Crippen LogP contribution in [0.4, 0.5) is 0 Å². The van der Waals surface area contributed by atoms with E-state index in [2.05, 4.69) is 10.2 Å². The fraction of sp³-hybridized carbons (Fsp3) is 0.357. The van der Waals surface area contributed by atoms with Gasteiger partial charge in [0.25, 0.3) is 0 Å². The van der Waals surface area contributed by atoms with Crippen LogP contribution in [0, 0.1) is 0 Å². The Morgan fingerprint density at radius 1 is 1.33 bits per heavy atom. The van der Waals surface area contributed by atoms with E-state index >= 15 is 0 Å². The Morgan fingerprint density at radius 3 is 2.67 bits per heavy atom. The molecule has 1 aromatic heterocycles. The number of aromatic amines is 1. The van der Waals surface area contributed by atoms with Crippen molar-refractivity contribution in [1.29, 1.82) is 0 Å². The molecule has 112 valence electrons. The summed E-state index contributed by atoms with van der Waals surface area (Å²) in [5, 5.41) is 6.82. The second kappa shape index (κ2) is 7.12. The number of ketones is 1. The molecule has 0 atom stereocenters. The Morgan fingerprint density at radius 2 is 2.05 bits per heavy atom. The molecule has 0 aliphatic heterocycles. The summed E-state index contributed by atoms with van der Waals surface area (Å²) in [6, 6.07) is 7.03. The predicted molar refractivity (Wildman–Crippen MR) is 81.2 cm³/mol. The first-order valence-corrected chi connectivity index (χ1v) is 7.68. The fourth-order valence-corrected chi connectivity index (χ4v) is 2.71. The molecule has 0 spiro atoms. The van der Waals surface area contributed by atoms with Gasteiger partial charge in [0.1, 0.15) is 5.75 Å². The molecule has 0 bridgehead atoms. The molecule has 2 aromatic rings. The zero-order valence-electron chi connectivity index (χ0n) is 12.0. The highest BCUT2D eigenvalue weighted by Crippen LogP contribution is 2.17. The Hall–Kier alpha value is -2.02. The van der Waals surface area contributed by atoms with Crippen LogP contribution in [0.15, 0.2) is 34.2 Å². The summed E-state index contributed by atoms with van der Waals surface area (Å²) < 4.78 is 6.83. The quantitative estimate of drug-likeness (QED) is 0.625. The molecule has 1 aromatic carbocycles. The third kappa shape index (κ3) is 3.75. The largest absolute Gasteiger partial charge is 0.494 e. The normalized spacial score (nSPS) is 10.6. The van der Waals surface area contributed by atoms with E-state index in [-0.39, 0.29) is 17.2 Å². The highest BCUT2D eigenvalue weighted by Gasteiger charge is 2.11. The Balaban J connectivity index is 1.99. The van der Waals surface area contributed by atoms with Crippen molar-refractivity contribution in [2.24, 2.45) is 0 Å². The van der Waals surface area contributed by atoms with Gasteiger partial charge in [-0.3, -0.25) is 9.36 Å². The number of carbonyl (C=O) groups is 1. The van der Waals surface area contributed by atoms with Crippen molar-refractivity contribution < 1.29 is 9.53 Å². The van der Waals surface area contributed by atoms with Crippen LogP contribution in [-0.2, 0) is 6.54 Å². The summed E-state index contributed by atoms with van der Waals surface area (Å²) >= 11 is 1.25. The van der Waals surface area contributed by atoms with Gasteiger partial charge in [-0.15, -0.1) is 5.10 Å². The van der Waals surface area contributed by atoms with E-state index in [0.29, 0.717) is 23.9 Å². The molecule has 0 amide bonds. The van der Waals surface area contributed by atoms with E-state index in [1.165, 1.54) is 16.3 Å². The number of nitrogens with one attached hydrogen (secondary N) is 1. The van der Waals surface area contributed by atoms with E-state index in [1.54, 1.807) is 24.3 Å². The molecule has 6 nitrogen and oxygen atoms in total. The Bertz CT molecular complexity index is 661. The standard InChI is InChI=1S/C14H17N3O3S/c1-3-17-13(19)15-16-14(17)21-9-12(18)10-5-7-11(8-6-10)20-4-2/h5-8H,3-4,9H2,1-2H3,(H,15,19). The number of benzene rings is 1. The fourth-order valence-electron chi connectivity index (χ4n) is 1.81. The maximum absolute atomic E-state index is 12.1. The van der Waals surface area contributed by atoms with Crippen molar-refractivity contribution in [2.75, 3.05) is 12.4 Å². The molecule has 0 saturated carbocycles. The molecule has 0 radical (unpaired) electrons. The predicted octanol–water partition coefficient (Wildman–Crippen LogP) is 1.96. The van der Waals surface area contributed by atoms with Crippen LogP contribution in [0.3, 0.4) is 0 Å². The van der Waals surface area contributed by atoms with Crippen molar-refractivity contribution >= 4 is 17.5 Å². The van der Waals surface area contributed by atoms with Crippen LogP contribution >= 0.6 is 11.8 Å². The number of hydrogen-bond donors (Lipinski definition) is 1. The molecule has 1 N–H and O–H groups in total. The van der Waals surface area contributed by atoms with E-state index in [0.717, 1.165) is 5.75 Å². The molecule has 0 aliphatic rings. The smallest absolute Gasteiger partial charge is 0.343 e. The molecular formula is C14H17N3O3S. The Kier molecular flexibility index (Phi) is 5.21. The molecule has 0 fully saturated rings. The third-order valence-electron chi connectivity index (χ3n) is 2.86. The number of H-pyrrole nitrogens is 1. The minimum absolute atomic E-state index is 0.0128. The van der Waals surface area contributed by atoms with E-state index in [1.807, 2.05) is 13.8 Å². The number of ether oxygens (including phenoxy) is 1. The first-order valence-electron chi connectivity index (χ1n) is 6.69. The van der Waals surface area contributed by atoms with Gasteiger partial charge >= 0.3 is 5.69 Å². The summed E-state index contributed by atoms with van der Waals surface area (Å²) in [6.45, 7) is 4.88. The van der Waals surface area contributed by atoms with Gasteiger partial charge in [0.05, 0.1) is 12.4 Å². The second-order valence-corrected chi connectivity index (χ2v) is 5.17. The number of carbonyl (C=O) groups excluding carboxylic acids is 1. The van der Waals surface area contributed by atoms with Gasteiger partial charge in [-0.05, 0) is 38.1 Å². The number of aromatic nitrogens is 3. The first kappa shape index (κ1) is 15.4. The lowest BCUT2D eigenvalue weighted by molar-refractivity contribution is 0.102. The van der Waals surface area contributed by atoms with Crippen LogP contribution in [0.25, 0.3) is 0 Å². The summed E-state index contributed by atoms with van der Waals surface area (Å²) in [5.41, 5.74) is 0.361. The second-order valence-electron chi connectivity index (χ2n) is 4.22. The summed E-state index contributed by atoms with van der Waals surface area (Å²) in [4.78, 5) is 23.5. The monoisotopic (exact) mass is 307 g/mol. The van der Waals surface area contributed by atoms with Crippen molar-refractivity contribution in [1.82, 2.24) is 14.8 Å². The van der Waals surface area contributed by atoms with Gasteiger partial charge in [-0.2, -0.15) is 0 Å². The number of hydrogen-bond acceptors (Lipinski definition) is 5. The van der Waals surface area contributed by atoms with Crippen molar-refractivity contribution in [3.8, 4) is 5.75 Å². The van der Waals surface area contributed by atoms with Crippen LogP contribution in [0.1, 0.15) is 24.2 Å². The zero-order chi connectivity index (χ0) is 15.2. The van der Waals surface area contributed by atoms with Crippen molar-refractivity contribution in [3.63, 3.8) is 0 Å². The van der Waals surface area contributed by atoms with Gasteiger partial charge in [0.15, 0.2) is 10.9 Å². The van der Waals surface area contributed by atoms with Gasteiger partial charge in [-0.25, -0.2) is 9.89 Å². The Labute approximate surface area is 126 Å². The van der Waals surface area contributed by atoms with Crippen LogP contribution in [0.2, 0.25) is 0 Å². The highest BCUT2D eigenvalue weighted by molar-refractivity contribution is 7.99. The van der Waals surface area contributed by atoms with Gasteiger partial charge in [0, 0.05) is 12.1 Å². The maximum atomic E-state index is 12.1. The number of Topliss-reactive ketones (excluding diaryl/α,β-unsaturated/α-hetero) is 1. The van der Waals surface area contributed by atoms with E-state index in [9.17, 15) is 9.59 Å². The van der Waals surface area contributed by atoms with E-state index in [4.69, 9.17) is 4.74 Å². The molecule has 0 saturated heterocycles. The van der Waals surface area contributed by atoms with Crippen molar-refractivity contribution in [3.05, 3.63) is 40.3 Å². The summed E-state index contributed by atoms with van der Waals surface area (Å²) in [6.07, 6.45) is 0. The van der Waals surface area contributed by atoms with Crippen LogP contribution in [-0.4, -0.2) is 32.9 Å². The van der Waals surface area contributed by atoms with Crippen LogP contribution in [0.5, 0.6) is 5.75 Å². The maximum Gasteiger partial charge on any atom is 0.343 e. The lowest BCUT2D eigenvalue weighted by atomic mass is 10.1. The lowest BCUT2D eigenvalue weighted by Crippen LogP contribution is -2.16. The van der Waals surface area contributed by atoms with Gasteiger partial charge in [-0.1, -0.05) is 11.8 Å². The molecule has 0 aliphatic carbocycles. The molecule has 2 rings (SSSR count). The molecule has 0 unspecified atom stereocenters. The SMILES string of the molecule is CCOc1ccc(C(=O)CSc2n[nH]c(=O)n2CC)cc1. The van der Waals surface area contributed by atoms with Gasteiger partial charge in [0.2, 0.25) is 0 Å². The summed E-state index contributed by atoms with van der Waals surface area (Å²) in [5.74, 6) is 0.966. The number of thioether (sulfide) groups is 1. The highest BCUT2D eigenvalue weighted by atomic mass is 32.2. The lowest BCUT2D eigenvalue weighted by Gasteiger charge is -2.05. The number of rotatable bonds is 7. The molecule has 21 heavy (non-hydrogen) atoms. The van der Waals surface area contributed by atoms with E-state index < -0.39 is 0 Å². The molecular weight excluding hydrogens is 290 g/mol. The molecule has 1 heterocycles. The summed E-state index contributed by atoms with van der Waals surface area (Å²) in [7, 11) is 0. The zero-order valence-corrected chi connectivity index (χ0v) is 12.8. The van der Waals surface area contributed by atoms with Crippen LogP contribution < -0.4 is 10.4 Å². The van der Waals surface area contributed by atoms with Gasteiger partial charge < -0.3 is 4.74 Å². The minimum atomic E-state index is -0.256. The molecule has 7 heteroatoms. The third-order valence-corrected chi connectivity index (χ3v) is 3.84. The number of nitrogens with zero attached hydrogens (tertiary/aromatic N) is 2. The van der Waals surface area contributed by atoms with Crippen molar-refractivity contribution in [2.45, 2.75) is 25.5 Å². The minimum Gasteiger partial charge on any atom is -0.494 e. The average Bonchev–Trinajstić information content (AvgIpc) is 2.86. The topological polar surface area (TPSA) is 77.0 Å². The first-order chi connectivity index (χ1) is 10.2. The average molecular weight is 307 g/mol.